The summed E-state index contributed by atoms with van der Waals surface area (Å²) < 4.78 is 0. The van der Waals surface area contributed by atoms with Crippen LogP contribution in [0.25, 0.3) is 0 Å². The number of aromatic nitrogens is 1. The Morgan fingerprint density at radius 3 is 2.53 bits per heavy atom. The SMILES string of the molecule is CCN(CC)C(=O)c1cccc(NC(N)=O)n1. The van der Waals surface area contributed by atoms with Gasteiger partial charge in [-0.1, -0.05) is 6.07 Å². The molecule has 17 heavy (non-hydrogen) atoms. The molecule has 0 aliphatic heterocycles. The highest BCUT2D eigenvalue weighted by molar-refractivity contribution is 5.93. The standard InChI is InChI=1S/C11H16N4O2/c1-3-15(4-2)10(16)8-6-5-7-9(13-8)14-11(12)17/h5-7H,3-4H2,1-2H3,(H3,12,13,14,17). The van der Waals surface area contributed by atoms with Crippen molar-refractivity contribution in [2.45, 2.75) is 13.8 Å². The van der Waals surface area contributed by atoms with Crippen molar-refractivity contribution in [2.24, 2.45) is 5.73 Å². The van der Waals surface area contributed by atoms with E-state index in [9.17, 15) is 9.59 Å². The minimum absolute atomic E-state index is 0.164. The zero-order valence-corrected chi connectivity index (χ0v) is 9.93. The highest BCUT2D eigenvalue weighted by atomic mass is 16.2. The van der Waals surface area contributed by atoms with Gasteiger partial charge >= 0.3 is 6.03 Å². The van der Waals surface area contributed by atoms with Crippen LogP contribution < -0.4 is 11.1 Å². The quantitative estimate of drug-likeness (QED) is 0.819. The van der Waals surface area contributed by atoms with E-state index in [-0.39, 0.29) is 11.7 Å². The maximum absolute atomic E-state index is 12.0. The first-order valence-electron chi connectivity index (χ1n) is 5.41. The van der Waals surface area contributed by atoms with Crippen molar-refractivity contribution < 1.29 is 9.59 Å². The van der Waals surface area contributed by atoms with E-state index < -0.39 is 6.03 Å². The molecule has 0 aliphatic carbocycles. The molecule has 0 aromatic carbocycles. The molecule has 1 heterocycles. The van der Waals surface area contributed by atoms with Gasteiger partial charge in [-0.2, -0.15) is 0 Å². The summed E-state index contributed by atoms with van der Waals surface area (Å²) in [4.78, 5) is 28.3. The first kappa shape index (κ1) is 13.0. The molecule has 3 N–H and O–H groups in total. The van der Waals surface area contributed by atoms with Crippen LogP contribution in [0.3, 0.4) is 0 Å². The third-order valence-corrected chi connectivity index (χ3v) is 2.27. The summed E-state index contributed by atoms with van der Waals surface area (Å²) in [6.07, 6.45) is 0. The first-order valence-corrected chi connectivity index (χ1v) is 5.41. The van der Waals surface area contributed by atoms with Gasteiger partial charge in [-0.3, -0.25) is 10.1 Å². The Hall–Kier alpha value is -2.11. The van der Waals surface area contributed by atoms with Crippen LogP contribution in [0, 0.1) is 0 Å². The fraction of sp³-hybridized carbons (Fsp3) is 0.364. The molecule has 3 amide bonds. The van der Waals surface area contributed by atoms with Crippen LogP contribution in [0.1, 0.15) is 24.3 Å². The summed E-state index contributed by atoms with van der Waals surface area (Å²) in [6, 6.07) is 4.12. The van der Waals surface area contributed by atoms with Crippen molar-refractivity contribution >= 4 is 17.8 Å². The van der Waals surface area contributed by atoms with Gasteiger partial charge in [0.1, 0.15) is 11.5 Å². The monoisotopic (exact) mass is 236 g/mol. The maximum Gasteiger partial charge on any atom is 0.317 e. The summed E-state index contributed by atoms with van der Waals surface area (Å²) in [7, 11) is 0. The van der Waals surface area contributed by atoms with E-state index in [4.69, 9.17) is 5.73 Å². The summed E-state index contributed by atoms with van der Waals surface area (Å²) in [5, 5.41) is 2.33. The number of nitrogens with two attached hydrogens (primary N) is 1. The molecule has 92 valence electrons. The lowest BCUT2D eigenvalue weighted by molar-refractivity contribution is 0.0767. The maximum atomic E-state index is 12.0. The molecular formula is C11H16N4O2. The Morgan fingerprint density at radius 1 is 1.35 bits per heavy atom. The van der Waals surface area contributed by atoms with Gasteiger partial charge in [-0.05, 0) is 26.0 Å². The fourth-order valence-electron chi connectivity index (χ4n) is 1.42. The molecule has 0 atom stereocenters. The van der Waals surface area contributed by atoms with E-state index >= 15 is 0 Å². The molecule has 6 heteroatoms. The van der Waals surface area contributed by atoms with E-state index in [1.54, 1.807) is 23.1 Å². The van der Waals surface area contributed by atoms with Gasteiger partial charge in [0.05, 0.1) is 0 Å². The van der Waals surface area contributed by atoms with Crippen LogP contribution in [-0.4, -0.2) is 34.9 Å². The summed E-state index contributed by atoms with van der Waals surface area (Å²) in [5.74, 6) is 0.110. The molecular weight excluding hydrogens is 220 g/mol. The van der Waals surface area contributed by atoms with Crippen molar-refractivity contribution in [3.8, 4) is 0 Å². The number of hydrogen-bond donors (Lipinski definition) is 2. The number of urea groups is 1. The molecule has 0 spiro atoms. The third-order valence-electron chi connectivity index (χ3n) is 2.27. The van der Waals surface area contributed by atoms with Crippen LogP contribution in [0.15, 0.2) is 18.2 Å². The molecule has 1 aromatic heterocycles. The molecule has 1 aromatic rings. The number of pyridine rings is 1. The molecule has 0 fully saturated rings. The molecule has 0 radical (unpaired) electrons. The van der Waals surface area contributed by atoms with Crippen LogP contribution in [0.4, 0.5) is 10.6 Å². The Kier molecular flexibility index (Phi) is 4.45. The third kappa shape index (κ3) is 3.44. The second-order valence-corrected chi connectivity index (χ2v) is 3.37. The number of nitrogens with one attached hydrogen (secondary N) is 1. The van der Waals surface area contributed by atoms with Crippen LogP contribution in [-0.2, 0) is 0 Å². The van der Waals surface area contributed by atoms with Crippen molar-refractivity contribution in [3.63, 3.8) is 0 Å². The Bertz CT molecular complexity index is 416. The number of carbonyl (C=O) groups is 2. The van der Waals surface area contributed by atoms with Crippen molar-refractivity contribution in [3.05, 3.63) is 23.9 Å². The molecule has 0 saturated heterocycles. The highest BCUT2D eigenvalue weighted by Gasteiger charge is 2.14. The van der Waals surface area contributed by atoms with Crippen molar-refractivity contribution in [1.82, 2.24) is 9.88 Å². The van der Waals surface area contributed by atoms with E-state index in [1.165, 1.54) is 0 Å². The smallest absolute Gasteiger partial charge is 0.317 e. The number of nitrogens with zero attached hydrogens (tertiary/aromatic N) is 2. The van der Waals surface area contributed by atoms with Gasteiger partial charge in [-0.25, -0.2) is 9.78 Å². The largest absolute Gasteiger partial charge is 0.351 e. The van der Waals surface area contributed by atoms with Gasteiger partial charge in [0.15, 0.2) is 0 Å². The topological polar surface area (TPSA) is 88.3 Å². The second kappa shape index (κ2) is 5.83. The van der Waals surface area contributed by atoms with E-state index in [0.29, 0.717) is 18.8 Å². The molecule has 1 rings (SSSR count). The molecule has 0 saturated carbocycles. The zero-order valence-electron chi connectivity index (χ0n) is 9.93. The minimum Gasteiger partial charge on any atom is -0.351 e. The van der Waals surface area contributed by atoms with Gasteiger partial charge < -0.3 is 10.6 Å². The number of rotatable bonds is 4. The first-order chi connectivity index (χ1) is 8.08. The number of hydrogen-bond acceptors (Lipinski definition) is 3. The van der Waals surface area contributed by atoms with Crippen molar-refractivity contribution in [1.29, 1.82) is 0 Å². The molecule has 0 unspecified atom stereocenters. The lowest BCUT2D eigenvalue weighted by atomic mass is 10.3. The second-order valence-electron chi connectivity index (χ2n) is 3.37. The zero-order chi connectivity index (χ0) is 12.8. The lowest BCUT2D eigenvalue weighted by Crippen LogP contribution is -2.31. The summed E-state index contributed by atoms with van der Waals surface area (Å²) in [5.41, 5.74) is 5.27. The average Bonchev–Trinajstić information content (AvgIpc) is 2.30. The summed E-state index contributed by atoms with van der Waals surface area (Å²) >= 11 is 0. The van der Waals surface area contributed by atoms with Gasteiger partial charge in [0, 0.05) is 13.1 Å². The van der Waals surface area contributed by atoms with E-state index in [1.807, 2.05) is 13.8 Å². The van der Waals surface area contributed by atoms with Crippen LogP contribution >= 0.6 is 0 Å². The number of carbonyl (C=O) groups excluding carboxylic acids is 2. The van der Waals surface area contributed by atoms with Crippen LogP contribution in [0.5, 0.6) is 0 Å². The predicted octanol–water partition coefficient (Wildman–Crippen LogP) is 1.05. The minimum atomic E-state index is -0.704. The lowest BCUT2D eigenvalue weighted by Gasteiger charge is -2.18. The molecule has 0 bridgehead atoms. The van der Waals surface area contributed by atoms with Gasteiger partial charge in [0.25, 0.3) is 5.91 Å². The molecule has 0 aliphatic rings. The Morgan fingerprint density at radius 2 is 2.00 bits per heavy atom. The van der Waals surface area contributed by atoms with Gasteiger partial charge in [-0.15, -0.1) is 0 Å². The number of anilines is 1. The number of amides is 3. The fourth-order valence-corrected chi connectivity index (χ4v) is 1.42. The summed E-state index contributed by atoms with van der Waals surface area (Å²) in [6.45, 7) is 5.02. The van der Waals surface area contributed by atoms with E-state index in [0.717, 1.165) is 0 Å². The predicted molar refractivity (Wildman–Crippen MR) is 64.7 cm³/mol. The highest BCUT2D eigenvalue weighted by Crippen LogP contribution is 2.07. The Labute approximate surface area is 99.8 Å². The van der Waals surface area contributed by atoms with Crippen LogP contribution in [0.2, 0.25) is 0 Å². The number of primary amides is 1. The average molecular weight is 236 g/mol. The molecule has 6 nitrogen and oxygen atoms in total. The van der Waals surface area contributed by atoms with Gasteiger partial charge in [0.2, 0.25) is 0 Å². The Balaban J connectivity index is 2.90. The normalized spacial score (nSPS) is 9.76. The van der Waals surface area contributed by atoms with E-state index in [2.05, 4.69) is 10.3 Å². The van der Waals surface area contributed by atoms with Crippen molar-refractivity contribution in [2.75, 3.05) is 18.4 Å².